The predicted octanol–water partition coefficient (Wildman–Crippen LogP) is 0.920. The zero-order valence-corrected chi connectivity index (χ0v) is 6.97. The van der Waals surface area contributed by atoms with Crippen LogP contribution in [0, 0.1) is 0 Å². The monoisotopic (exact) mass is 194 g/mol. The van der Waals surface area contributed by atoms with Crippen LogP contribution in [-0.2, 0) is 4.74 Å². The van der Waals surface area contributed by atoms with Gasteiger partial charge in [-0.05, 0) is 13.3 Å². The minimum absolute atomic E-state index is 0.0596. The van der Waals surface area contributed by atoms with E-state index in [4.69, 9.17) is 9.84 Å². The van der Waals surface area contributed by atoms with E-state index in [0.717, 1.165) is 6.42 Å². The topological polar surface area (TPSA) is 29.5 Å². The number of rotatable bonds is 1. The van der Waals surface area contributed by atoms with Crippen molar-refractivity contribution in [1.29, 1.82) is 0 Å². The van der Waals surface area contributed by atoms with Crippen molar-refractivity contribution >= 4 is 15.9 Å². The second-order valence-electron chi connectivity index (χ2n) is 2.40. The van der Waals surface area contributed by atoms with Gasteiger partial charge in [0, 0.05) is 4.83 Å². The van der Waals surface area contributed by atoms with E-state index in [-0.39, 0.29) is 18.8 Å². The third kappa shape index (κ3) is 1.66. The van der Waals surface area contributed by atoms with Crippen LogP contribution in [0.4, 0.5) is 0 Å². The van der Waals surface area contributed by atoms with Gasteiger partial charge in [-0.25, -0.2) is 0 Å². The Morgan fingerprint density at radius 1 is 1.78 bits per heavy atom. The number of hydrogen-bond acceptors (Lipinski definition) is 2. The molecule has 1 rings (SSSR count). The average Bonchev–Trinajstić information content (AvgIpc) is 2.13. The van der Waals surface area contributed by atoms with E-state index in [1.807, 2.05) is 6.92 Å². The van der Waals surface area contributed by atoms with Gasteiger partial charge < -0.3 is 9.84 Å². The number of aliphatic hydroxyl groups is 1. The van der Waals surface area contributed by atoms with Crippen LogP contribution in [0.25, 0.3) is 0 Å². The van der Waals surface area contributed by atoms with Crippen LogP contribution >= 0.6 is 15.9 Å². The zero-order chi connectivity index (χ0) is 6.85. The van der Waals surface area contributed by atoms with Crippen molar-refractivity contribution in [1.82, 2.24) is 0 Å². The smallest absolute Gasteiger partial charge is 0.0821 e. The van der Waals surface area contributed by atoms with E-state index in [2.05, 4.69) is 15.9 Å². The van der Waals surface area contributed by atoms with E-state index in [0.29, 0.717) is 4.83 Å². The summed E-state index contributed by atoms with van der Waals surface area (Å²) < 4.78 is 5.33. The molecule has 0 saturated carbocycles. The van der Waals surface area contributed by atoms with Crippen LogP contribution in [0.3, 0.4) is 0 Å². The van der Waals surface area contributed by atoms with Crippen LogP contribution in [0.1, 0.15) is 13.3 Å². The molecular weight excluding hydrogens is 184 g/mol. The van der Waals surface area contributed by atoms with Crippen LogP contribution in [0.15, 0.2) is 0 Å². The minimum atomic E-state index is 0.0596. The zero-order valence-electron chi connectivity index (χ0n) is 5.38. The molecule has 1 aliphatic heterocycles. The second kappa shape index (κ2) is 2.99. The normalized spacial score (nSPS) is 43.7. The first-order chi connectivity index (χ1) is 4.24. The van der Waals surface area contributed by atoms with Crippen LogP contribution in [0.2, 0.25) is 0 Å². The second-order valence-corrected chi connectivity index (χ2v) is 3.57. The molecule has 3 heteroatoms. The molecule has 54 valence electrons. The summed E-state index contributed by atoms with van der Waals surface area (Å²) in [7, 11) is 0. The number of ether oxygens (including phenoxy) is 1. The summed E-state index contributed by atoms with van der Waals surface area (Å²) in [6, 6.07) is 0. The standard InChI is InChI=1S/C6H11BrO2/c1-4-6(7)2-5(3-8)9-4/h4-6,8H,2-3H2,1H3/t4?,5-,6?/m0/s1. The molecule has 0 amide bonds. The lowest BCUT2D eigenvalue weighted by molar-refractivity contribution is 0.0206. The third-order valence-electron chi connectivity index (χ3n) is 1.61. The molecule has 3 atom stereocenters. The van der Waals surface area contributed by atoms with Crippen molar-refractivity contribution in [2.45, 2.75) is 30.4 Å². The van der Waals surface area contributed by atoms with Crippen LogP contribution in [-0.4, -0.2) is 28.7 Å². The van der Waals surface area contributed by atoms with Crippen molar-refractivity contribution < 1.29 is 9.84 Å². The van der Waals surface area contributed by atoms with Crippen LogP contribution < -0.4 is 0 Å². The van der Waals surface area contributed by atoms with Gasteiger partial charge in [-0.15, -0.1) is 0 Å². The molecule has 1 saturated heterocycles. The van der Waals surface area contributed by atoms with Gasteiger partial charge in [-0.3, -0.25) is 0 Å². The molecule has 1 fully saturated rings. The molecule has 0 aliphatic carbocycles. The van der Waals surface area contributed by atoms with Gasteiger partial charge in [0.25, 0.3) is 0 Å². The predicted molar refractivity (Wildman–Crippen MR) is 38.8 cm³/mol. The molecule has 1 N–H and O–H groups in total. The molecule has 2 nitrogen and oxygen atoms in total. The fourth-order valence-corrected chi connectivity index (χ4v) is 1.55. The first kappa shape index (κ1) is 7.51. The lowest BCUT2D eigenvalue weighted by Gasteiger charge is -2.05. The Hall–Kier alpha value is 0.400. The molecule has 2 unspecified atom stereocenters. The molecule has 0 radical (unpaired) electrons. The molecule has 0 bridgehead atoms. The van der Waals surface area contributed by atoms with Gasteiger partial charge in [-0.1, -0.05) is 15.9 Å². The fraction of sp³-hybridized carbons (Fsp3) is 1.00. The summed E-state index contributed by atoms with van der Waals surface area (Å²) in [5.74, 6) is 0. The van der Waals surface area contributed by atoms with Crippen molar-refractivity contribution in [2.75, 3.05) is 6.61 Å². The molecule has 0 spiro atoms. The van der Waals surface area contributed by atoms with E-state index >= 15 is 0 Å². The quantitative estimate of drug-likeness (QED) is 0.630. The molecule has 0 aromatic rings. The highest BCUT2D eigenvalue weighted by Gasteiger charge is 2.29. The Morgan fingerprint density at radius 2 is 2.44 bits per heavy atom. The van der Waals surface area contributed by atoms with Gasteiger partial charge in [-0.2, -0.15) is 0 Å². The Morgan fingerprint density at radius 3 is 2.67 bits per heavy atom. The van der Waals surface area contributed by atoms with Gasteiger partial charge in [0.1, 0.15) is 0 Å². The van der Waals surface area contributed by atoms with E-state index in [9.17, 15) is 0 Å². The minimum Gasteiger partial charge on any atom is -0.394 e. The summed E-state index contributed by atoms with van der Waals surface area (Å²) in [6.07, 6.45) is 1.24. The summed E-state index contributed by atoms with van der Waals surface area (Å²) in [6.45, 7) is 2.15. The lowest BCUT2D eigenvalue weighted by atomic mass is 10.2. The van der Waals surface area contributed by atoms with Gasteiger partial charge in [0.05, 0.1) is 18.8 Å². The largest absolute Gasteiger partial charge is 0.394 e. The van der Waals surface area contributed by atoms with Gasteiger partial charge >= 0.3 is 0 Å². The first-order valence-electron chi connectivity index (χ1n) is 3.14. The molecule has 1 aliphatic rings. The maximum absolute atomic E-state index is 8.66. The molecule has 0 aromatic carbocycles. The van der Waals surface area contributed by atoms with Crippen LogP contribution in [0.5, 0.6) is 0 Å². The molecular formula is C6H11BrO2. The van der Waals surface area contributed by atoms with Crippen molar-refractivity contribution in [3.8, 4) is 0 Å². The molecule has 9 heavy (non-hydrogen) atoms. The summed E-state index contributed by atoms with van der Waals surface area (Å²) in [4.78, 5) is 0.426. The number of hydrogen-bond donors (Lipinski definition) is 1. The third-order valence-corrected chi connectivity index (χ3v) is 2.73. The summed E-state index contributed by atoms with van der Waals surface area (Å²) in [5.41, 5.74) is 0. The Labute approximate surface area is 63.3 Å². The number of aliphatic hydroxyl groups excluding tert-OH is 1. The number of halogens is 1. The maximum atomic E-state index is 8.66. The van der Waals surface area contributed by atoms with E-state index < -0.39 is 0 Å². The fourth-order valence-electron chi connectivity index (χ4n) is 1.00. The Bertz CT molecular complexity index is 87.1. The molecule has 0 aromatic heterocycles. The highest BCUT2D eigenvalue weighted by atomic mass is 79.9. The van der Waals surface area contributed by atoms with Gasteiger partial charge in [0.2, 0.25) is 0 Å². The SMILES string of the molecule is CC1O[C@H](CO)CC1Br. The van der Waals surface area contributed by atoms with Crippen molar-refractivity contribution in [3.05, 3.63) is 0 Å². The Balaban J connectivity index is 2.35. The van der Waals surface area contributed by atoms with E-state index in [1.165, 1.54) is 0 Å². The summed E-state index contributed by atoms with van der Waals surface area (Å²) >= 11 is 3.45. The highest BCUT2D eigenvalue weighted by molar-refractivity contribution is 9.09. The van der Waals surface area contributed by atoms with Crippen molar-refractivity contribution in [3.63, 3.8) is 0 Å². The summed E-state index contributed by atoms with van der Waals surface area (Å²) in [5, 5.41) is 8.66. The number of alkyl halides is 1. The average molecular weight is 195 g/mol. The molecule has 1 heterocycles. The Kier molecular flexibility index (Phi) is 2.50. The maximum Gasteiger partial charge on any atom is 0.0821 e. The lowest BCUT2D eigenvalue weighted by Crippen LogP contribution is -2.12. The first-order valence-corrected chi connectivity index (χ1v) is 4.06. The van der Waals surface area contributed by atoms with E-state index in [1.54, 1.807) is 0 Å². The van der Waals surface area contributed by atoms with Gasteiger partial charge in [0.15, 0.2) is 0 Å². The highest BCUT2D eigenvalue weighted by Crippen LogP contribution is 2.25. The van der Waals surface area contributed by atoms with Crippen molar-refractivity contribution in [2.24, 2.45) is 0 Å².